The zero-order valence-corrected chi connectivity index (χ0v) is 10.8. The molecule has 0 amide bonds. The normalized spacial score (nSPS) is 10.2. The van der Waals surface area contributed by atoms with Crippen LogP contribution in [0.2, 0.25) is 0 Å². The number of nitrogens with zero attached hydrogens (tertiary/aromatic N) is 1. The van der Waals surface area contributed by atoms with Crippen LogP contribution in [0.1, 0.15) is 11.1 Å². The van der Waals surface area contributed by atoms with Gasteiger partial charge in [-0.1, -0.05) is 24.3 Å². The highest BCUT2D eigenvalue weighted by Gasteiger charge is 2.06. The summed E-state index contributed by atoms with van der Waals surface area (Å²) in [6.07, 6.45) is 0. The van der Waals surface area contributed by atoms with Gasteiger partial charge in [0.05, 0.1) is 4.92 Å². The molecule has 0 aromatic heterocycles. The van der Waals surface area contributed by atoms with E-state index < -0.39 is 4.92 Å². The maximum absolute atomic E-state index is 10.7. The van der Waals surface area contributed by atoms with Crippen LogP contribution < -0.4 is 4.74 Å². The smallest absolute Gasteiger partial charge is 0.269 e. The van der Waals surface area contributed by atoms with Gasteiger partial charge in [0.25, 0.3) is 5.69 Å². The van der Waals surface area contributed by atoms with Gasteiger partial charge >= 0.3 is 0 Å². The number of hydrogen-bond donors (Lipinski definition) is 0. The van der Waals surface area contributed by atoms with Crippen LogP contribution in [-0.2, 0) is 12.5 Å². The first-order valence-electron chi connectivity index (χ1n) is 5.70. The molecule has 0 aliphatic carbocycles. The van der Waals surface area contributed by atoms with Crippen LogP contribution in [0.15, 0.2) is 48.5 Å². The van der Waals surface area contributed by atoms with Crippen molar-refractivity contribution in [1.29, 1.82) is 0 Å². The Bertz CT molecular complexity index is 586. The highest BCUT2D eigenvalue weighted by atomic mass is 35.5. The number of nitro benzene ring substituents is 1. The molecule has 0 aliphatic rings. The van der Waals surface area contributed by atoms with E-state index in [1.54, 1.807) is 12.1 Å². The molecule has 0 N–H and O–H groups in total. The standard InChI is InChI=1S/C14H12ClNO3/c15-9-11-3-2-6-14(8-11)19-10-12-4-1-5-13(7-12)16(17)18/h1-8H,9-10H2. The number of alkyl halides is 1. The molecule has 2 aromatic rings. The maximum atomic E-state index is 10.7. The minimum atomic E-state index is -0.419. The lowest BCUT2D eigenvalue weighted by atomic mass is 10.2. The molecule has 5 heteroatoms. The average molecular weight is 278 g/mol. The van der Waals surface area contributed by atoms with Gasteiger partial charge in [-0.25, -0.2) is 0 Å². The number of hydrogen-bond acceptors (Lipinski definition) is 3. The van der Waals surface area contributed by atoms with Crippen LogP contribution in [0.4, 0.5) is 5.69 Å². The number of benzene rings is 2. The van der Waals surface area contributed by atoms with Crippen molar-refractivity contribution >= 4 is 17.3 Å². The lowest BCUT2D eigenvalue weighted by molar-refractivity contribution is -0.384. The van der Waals surface area contributed by atoms with E-state index in [9.17, 15) is 10.1 Å². The summed E-state index contributed by atoms with van der Waals surface area (Å²) in [5.41, 5.74) is 1.79. The van der Waals surface area contributed by atoms with Crippen molar-refractivity contribution in [2.45, 2.75) is 12.5 Å². The second-order valence-electron chi connectivity index (χ2n) is 4.00. The lowest BCUT2D eigenvalue weighted by Crippen LogP contribution is -1.97. The second-order valence-corrected chi connectivity index (χ2v) is 4.26. The summed E-state index contributed by atoms with van der Waals surface area (Å²) >= 11 is 5.74. The van der Waals surface area contributed by atoms with Crippen LogP contribution in [0, 0.1) is 10.1 Å². The fraction of sp³-hybridized carbons (Fsp3) is 0.143. The molecule has 0 aliphatic heterocycles. The fourth-order valence-electron chi connectivity index (χ4n) is 1.64. The molecule has 0 spiro atoms. The van der Waals surface area contributed by atoms with Gasteiger partial charge in [-0.3, -0.25) is 10.1 Å². The number of rotatable bonds is 5. The van der Waals surface area contributed by atoms with Crippen LogP contribution in [0.25, 0.3) is 0 Å². The zero-order chi connectivity index (χ0) is 13.7. The van der Waals surface area contributed by atoms with Gasteiger partial charge in [0, 0.05) is 18.0 Å². The second kappa shape index (κ2) is 6.20. The van der Waals surface area contributed by atoms with Crippen molar-refractivity contribution < 1.29 is 9.66 Å². The van der Waals surface area contributed by atoms with Crippen molar-refractivity contribution in [3.05, 3.63) is 69.8 Å². The molecule has 2 aromatic carbocycles. The van der Waals surface area contributed by atoms with E-state index in [4.69, 9.17) is 16.3 Å². The minimum Gasteiger partial charge on any atom is -0.489 e. The minimum absolute atomic E-state index is 0.0654. The van der Waals surface area contributed by atoms with E-state index in [1.165, 1.54) is 12.1 Å². The molecule has 0 unspecified atom stereocenters. The third-order valence-corrected chi connectivity index (χ3v) is 2.89. The van der Waals surface area contributed by atoms with Gasteiger partial charge in [-0.05, 0) is 23.3 Å². The number of non-ortho nitro benzene ring substituents is 1. The van der Waals surface area contributed by atoms with E-state index in [1.807, 2.05) is 24.3 Å². The third kappa shape index (κ3) is 3.69. The van der Waals surface area contributed by atoms with Crippen LogP contribution >= 0.6 is 11.6 Å². The molecule has 19 heavy (non-hydrogen) atoms. The average Bonchev–Trinajstić information content (AvgIpc) is 2.45. The van der Waals surface area contributed by atoms with Crippen molar-refractivity contribution in [1.82, 2.24) is 0 Å². The highest BCUT2D eigenvalue weighted by molar-refractivity contribution is 6.17. The first kappa shape index (κ1) is 13.4. The van der Waals surface area contributed by atoms with Crippen LogP contribution in [-0.4, -0.2) is 4.92 Å². The Morgan fingerprint density at radius 1 is 1.11 bits per heavy atom. The molecule has 98 valence electrons. The zero-order valence-electron chi connectivity index (χ0n) is 10.1. The summed E-state index contributed by atoms with van der Waals surface area (Å²) in [6, 6.07) is 13.8. The molecule has 0 atom stereocenters. The van der Waals surface area contributed by atoms with Gasteiger partial charge in [-0.2, -0.15) is 0 Å². The maximum Gasteiger partial charge on any atom is 0.269 e. The Hall–Kier alpha value is -2.07. The van der Waals surface area contributed by atoms with Gasteiger partial charge < -0.3 is 4.74 Å². The Balaban J connectivity index is 2.05. The highest BCUT2D eigenvalue weighted by Crippen LogP contribution is 2.18. The van der Waals surface area contributed by atoms with Crippen molar-refractivity contribution in [3.8, 4) is 5.75 Å². The largest absolute Gasteiger partial charge is 0.489 e. The van der Waals surface area contributed by atoms with E-state index in [2.05, 4.69) is 0 Å². The summed E-state index contributed by atoms with van der Waals surface area (Å²) in [6.45, 7) is 0.285. The topological polar surface area (TPSA) is 52.4 Å². The Kier molecular flexibility index (Phi) is 4.36. The molecule has 0 saturated heterocycles. The lowest BCUT2D eigenvalue weighted by Gasteiger charge is -2.07. The molecule has 0 radical (unpaired) electrons. The summed E-state index contributed by atoms with van der Waals surface area (Å²) in [5, 5.41) is 10.7. The predicted molar refractivity (Wildman–Crippen MR) is 73.4 cm³/mol. The Morgan fingerprint density at radius 3 is 2.58 bits per heavy atom. The van der Waals surface area contributed by atoms with E-state index in [0.29, 0.717) is 11.6 Å². The van der Waals surface area contributed by atoms with E-state index >= 15 is 0 Å². The van der Waals surface area contributed by atoms with E-state index in [0.717, 1.165) is 11.1 Å². The molecule has 0 bridgehead atoms. The Morgan fingerprint density at radius 2 is 1.84 bits per heavy atom. The number of nitro groups is 1. The molecular weight excluding hydrogens is 266 g/mol. The van der Waals surface area contributed by atoms with Crippen LogP contribution in [0.5, 0.6) is 5.75 Å². The van der Waals surface area contributed by atoms with Crippen molar-refractivity contribution in [2.24, 2.45) is 0 Å². The monoisotopic (exact) mass is 277 g/mol. The van der Waals surface area contributed by atoms with Gasteiger partial charge in [0.15, 0.2) is 0 Å². The Labute approximate surface area is 115 Å². The molecule has 0 fully saturated rings. The first-order chi connectivity index (χ1) is 9.19. The molecular formula is C14H12ClNO3. The third-order valence-electron chi connectivity index (χ3n) is 2.58. The predicted octanol–water partition coefficient (Wildman–Crippen LogP) is 3.91. The molecule has 0 heterocycles. The summed E-state index contributed by atoms with van der Waals surface area (Å²) in [4.78, 5) is 10.2. The number of halogens is 1. The first-order valence-corrected chi connectivity index (χ1v) is 6.23. The van der Waals surface area contributed by atoms with Gasteiger partial charge in [0.2, 0.25) is 0 Å². The summed E-state index contributed by atoms with van der Waals surface area (Å²) in [7, 11) is 0. The number of ether oxygens (including phenoxy) is 1. The SMILES string of the molecule is O=[N+]([O-])c1cccc(COc2cccc(CCl)c2)c1. The quantitative estimate of drug-likeness (QED) is 0.473. The molecule has 0 saturated carbocycles. The van der Waals surface area contributed by atoms with Gasteiger partial charge in [0.1, 0.15) is 12.4 Å². The van der Waals surface area contributed by atoms with Crippen molar-refractivity contribution in [2.75, 3.05) is 0 Å². The fourth-order valence-corrected chi connectivity index (χ4v) is 1.81. The van der Waals surface area contributed by atoms with Crippen LogP contribution in [0.3, 0.4) is 0 Å². The summed E-state index contributed by atoms with van der Waals surface area (Å²) in [5.74, 6) is 1.12. The molecule has 2 rings (SSSR count). The van der Waals surface area contributed by atoms with Crippen molar-refractivity contribution in [3.63, 3.8) is 0 Å². The summed E-state index contributed by atoms with van der Waals surface area (Å²) < 4.78 is 5.59. The van der Waals surface area contributed by atoms with Gasteiger partial charge in [-0.15, -0.1) is 11.6 Å². The molecule has 4 nitrogen and oxygen atoms in total. The van der Waals surface area contributed by atoms with E-state index in [-0.39, 0.29) is 12.3 Å².